The van der Waals surface area contributed by atoms with Gasteiger partial charge in [-0.25, -0.2) is 9.67 Å². The smallest absolute Gasteiger partial charge is 0.160 e. The largest absolute Gasteiger partial charge is 0.373 e. The summed E-state index contributed by atoms with van der Waals surface area (Å²) >= 11 is 0. The molecule has 0 aromatic carbocycles. The summed E-state index contributed by atoms with van der Waals surface area (Å²) in [6.45, 7) is 3.13. The van der Waals surface area contributed by atoms with Crippen LogP contribution < -0.4 is 5.32 Å². The monoisotopic (exact) mass is 287 g/mol. The van der Waals surface area contributed by atoms with Crippen LogP contribution in [0.2, 0.25) is 0 Å². The Morgan fingerprint density at radius 1 is 1.33 bits per heavy atom. The van der Waals surface area contributed by atoms with Gasteiger partial charge in [0.1, 0.15) is 11.5 Å². The SMILES string of the molecule is CC1CCC(C2CCNc3cc(-c4nccn4C)nn32)O1. The van der Waals surface area contributed by atoms with Crippen molar-refractivity contribution >= 4 is 5.82 Å². The van der Waals surface area contributed by atoms with E-state index >= 15 is 0 Å². The molecule has 0 spiro atoms. The van der Waals surface area contributed by atoms with Crippen LogP contribution in [0.1, 0.15) is 32.2 Å². The minimum atomic E-state index is 0.287. The summed E-state index contributed by atoms with van der Waals surface area (Å²) < 4.78 is 10.2. The first-order chi connectivity index (χ1) is 10.2. The highest BCUT2D eigenvalue weighted by Crippen LogP contribution is 2.35. The third-order valence-corrected chi connectivity index (χ3v) is 4.54. The van der Waals surface area contributed by atoms with Crippen LogP contribution in [0.4, 0.5) is 5.82 Å². The highest BCUT2D eigenvalue weighted by atomic mass is 16.5. The van der Waals surface area contributed by atoms with Crippen molar-refractivity contribution < 1.29 is 4.74 Å². The number of fused-ring (bicyclic) bond motifs is 1. The first-order valence-corrected chi connectivity index (χ1v) is 7.69. The number of rotatable bonds is 2. The topological polar surface area (TPSA) is 56.9 Å². The number of nitrogens with one attached hydrogen (secondary N) is 1. The maximum Gasteiger partial charge on any atom is 0.160 e. The lowest BCUT2D eigenvalue weighted by molar-refractivity contribution is 0.0174. The molecule has 0 saturated carbocycles. The van der Waals surface area contributed by atoms with Gasteiger partial charge in [0.25, 0.3) is 0 Å². The molecular formula is C15H21N5O. The Bertz CT molecular complexity index is 646. The Morgan fingerprint density at radius 3 is 2.95 bits per heavy atom. The predicted octanol–water partition coefficient (Wildman–Crippen LogP) is 2.21. The first-order valence-electron chi connectivity index (χ1n) is 7.69. The van der Waals surface area contributed by atoms with E-state index in [1.165, 1.54) is 0 Å². The Kier molecular flexibility index (Phi) is 2.99. The molecule has 1 fully saturated rings. The second-order valence-corrected chi connectivity index (χ2v) is 6.07. The third-order valence-electron chi connectivity index (χ3n) is 4.54. The second kappa shape index (κ2) is 4.87. The molecule has 1 saturated heterocycles. The summed E-state index contributed by atoms with van der Waals surface area (Å²) in [5.41, 5.74) is 0.919. The molecule has 3 unspecified atom stereocenters. The van der Waals surface area contributed by atoms with Crippen LogP contribution >= 0.6 is 0 Å². The fraction of sp³-hybridized carbons (Fsp3) is 0.600. The van der Waals surface area contributed by atoms with Crippen molar-refractivity contribution in [3.05, 3.63) is 18.5 Å². The van der Waals surface area contributed by atoms with Crippen LogP contribution in [0.15, 0.2) is 18.5 Å². The van der Waals surface area contributed by atoms with E-state index in [9.17, 15) is 0 Å². The molecule has 0 aliphatic carbocycles. The maximum atomic E-state index is 6.07. The summed E-state index contributed by atoms with van der Waals surface area (Å²) in [5, 5.41) is 8.23. The molecule has 2 aromatic heterocycles. The lowest BCUT2D eigenvalue weighted by Gasteiger charge is -2.29. The van der Waals surface area contributed by atoms with Gasteiger partial charge in [0.15, 0.2) is 5.82 Å². The van der Waals surface area contributed by atoms with Crippen LogP contribution in [0.5, 0.6) is 0 Å². The molecule has 21 heavy (non-hydrogen) atoms. The number of imidazole rings is 1. The molecule has 0 radical (unpaired) electrons. The number of aryl methyl sites for hydroxylation is 1. The fourth-order valence-electron chi connectivity index (χ4n) is 3.43. The van der Waals surface area contributed by atoms with Gasteiger partial charge in [0, 0.05) is 32.1 Å². The van der Waals surface area contributed by atoms with Crippen molar-refractivity contribution in [2.45, 2.75) is 44.4 Å². The van der Waals surface area contributed by atoms with Gasteiger partial charge in [-0.2, -0.15) is 5.10 Å². The molecule has 0 bridgehead atoms. The van der Waals surface area contributed by atoms with E-state index in [-0.39, 0.29) is 6.10 Å². The van der Waals surface area contributed by atoms with Gasteiger partial charge in [0.2, 0.25) is 0 Å². The second-order valence-electron chi connectivity index (χ2n) is 6.07. The van der Waals surface area contributed by atoms with E-state index in [0.717, 1.165) is 43.1 Å². The van der Waals surface area contributed by atoms with Gasteiger partial charge < -0.3 is 14.6 Å². The Hall–Kier alpha value is -1.82. The highest BCUT2D eigenvalue weighted by Gasteiger charge is 2.34. The Morgan fingerprint density at radius 2 is 2.24 bits per heavy atom. The molecule has 2 aliphatic heterocycles. The number of anilines is 1. The van der Waals surface area contributed by atoms with Crippen LogP contribution in [0.25, 0.3) is 11.5 Å². The lowest BCUT2D eigenvalue weighted by Crippen LogP contribution is -2.32. The van der Waals surface area contributed by atoms with E-state index in [2.05, 4.69) is 28.0 Å². The number of ether oxygens (including phenoxy) is 1. The molecule has 0 amide bonds. The van der Waals surface area contributed by atoms with Gasteiger partial charge in [-0.3, -0.25) is 0 Å². The van der Waals surface area contributed by atoms with E-state index < -0.39 is 0 Å². The van der Waals surface area contributed by atoms with Gasteiger partial charge in [-0.15, -0.1) is 0 Å². The van der Waals surface area contributed by atoms with Gasteiger partial charge in [-0.05, 0) is 26.2 Å². The molecule has 1 N–H and O–H groups in total. The van der Waals surface area contributed by atoms with Crippen molar-refractivity contribution in [1.82, 2.24) is 19.3 Å². The number of hydrogen-bond donors (Lipinski definition) is 1. The van der Waals surface area contributed by atoms with Crippen molar-refractivity contribution in [2.75, 3.05) is 11.9 Å². The van der Waals surface area contributed by atoms with E-state index in [4.69, 9.17) is 9.84 Å². The van der Waals surface area contributed by atoms with Gasteiger partial charge >= 0.3 is 0 Å². The van der Waals surface area contributed by atoms with Crippen LogP contribution in [0.3, 0.4) is 0 Å². The highest BCUT2D eigenvalue weighted by molar-refractivity contribution is 5.57. The van der Waals surface area contributed by atoms with Gasteiger partial charge in [0.05, 0.1) is 18.2 Å². The third kappa shape index (κ3) is 2.14. The summed E-state index contributed by atoms with van der Waals surface area (Å²) in [7, 11) is 1.99. The Labute approximate surface area is 124 Å². The molecule has 112 valence electrons. The van der Waals surface area contributed by atoms with Crippen LogP contribution in [-0.4, -0.2) is 38.1 Å². The summed E-state index contributed by atoms with van der Waals surface area (Å²) in [6, 6.07) is 2.42. The molecule has 6 nitrogen and oxygen atoms in total. The van der Waals surface area contributed by atoms with E-state index in [1.54, 1.807) is 6.20 Å². The molecule has 4 heterocycles. The van der Waals surface area contributed by atoms with Crippen molar-refractivity contribution in [1.29, 1.82) is 0 Å². The zero-order valence-electron chi connectivity index (χ0n) is 12.5. The average molecular weight is 287 g/mol. The fourth-order valence-corrected chi connectivity index (χ4v) is 3.43. The summed E-state index contributed by atoms with van der Waals surface area (Å²) in [6.07, 6.45) is 7.75. The predicted molar refractivity (Wildman–Crippen MR) is 80.1 cm³/mol. The summed E-state index contributed by atoms with van der Waals surface area (Å²) in [4.78, 5) is 4.39. The maximum absolute atomic E-state index is 6.07. The summed E-state index contributed by atoms with van der Waals surface area (Å²) in [5.74, 6) is 1.98. The van der Waals surface area contributed by atoms with Crippen LogP contribution in [-0.2, 0) is 11.8 Å². The standard InChI is InChI=1S/C15H21N5O/c1-10-3-4-13(21-10)12-5-6-16-14-9-11(18-20(12)14)15-17-7-8-19(15)2/h7-10,12-13,16H,3-6H2,1-2H3. The average Bonchev–Trinajstić information content (AvgIpc) is 3.16. The lowest BCUT2D eigenvalue weighted by atomic mass is 10.0. The van der Waals surface area contributed by atoms with Crippen LogP contribution in [0, 0.1) is 0 Å². The number of hydrogen-bond acceptors (Lipinski definition) is 4. The van der Waals surface area contributed by atoms with Crippen molar-refractivity contribution in [2.24, 2.45) is 7.05 Å². The molecular weight excluding hydrogens is 266 g/mol. The van der Waals surface area contributed by atoms with Crippen molar-refractivity contribution in [3.63, 3.8) is 0 Å². The molecule has 6 heteroatoms. The zero-order chi connectivity index (χ0) is 14.4. The molecule has 2 aliphatic rings. The quantitative estimate of drug-likeness (QED) is 0.920. The molecule has 2 aromatic rings. The van der Waals surface area contributed by atoms with E-state index in [1.807, 2.05) is 17.8 Å². The molecule has 3 atom stereocenters. The Balaban J connectivity index is 1.68. The van der Waals surface area contributed by atoms with E-state index in [0.29, 0.717) is 12.1 Å². The minimum absolute atomic E-state index is 0.287. The van der Waals surface area contributed by atoms with Crippen molar-refractivity contribution in [3.8, 4) is 11.5 Å². The normalized spacial score (nSPS) is 28.4. The number of aromatic nitrogens is 4. The zero-order valence-corrected chi connectivity index (χ0v) is 12.5. The van der Waals surface area contributed by atoms with Gasteiger partial charge in [-0.1, -0.05) is 0 Å². The molecule has 4 rings (SSSR count). The minimum Gasteiger partial charge on any atom is -0.373 e. The first kappa shape index (κ1) is 12.9. The number of nitrogens with zero attached hydrogens (tertiary/aromatic N) is 4.